The van der Waals surface area contributed by atoms with Gasteiger partial charge in [-0.25, -0.2) is 9.78 Å². The third-order valence-electron chi connectivity index (χ3n) is 5.41. The number of esters is 1. The number of aryl methyl sites for hydroxylation is 1. The first-order chi connectivity index (χ1) is 16.9. The first-order valence-electron chi connectivity index (χ1n) is 10.6. The molecule has 4 rings (SSSR count). The number of carbonyl (C=O) groups excluding carboxylic acids is 3. The van der Waals surface area contributed by atoms with Gasteiger partial charge in [-0.15, -0.1) is 0 Å². The Morgan fingerprint density at radius 1 is 1.20 bits per heavy atom. The number of methoxy groups -OCH3 is 1. The maximum atomic E-state index is 13.3. The number of carbonyl (C=O) groups is 3. The van der Waals surface area contributed by atoms with Crippen LogP contribution in [0.4, 0.5) is 5.13 Å². The quantitative estimate of drug-likeness (QED) is 0.172. The molecule has 8 nitrogen and oxygen atoms in total. The summed E-state index contributed by atoms with van der Waals surface area (Å²) in [5.74, 6) is -2.13. The molecule has 3 aromatic rings. The first-order valence-corrected chi connectivity index (χ1v) is 11.4. The van der Waals surface area contributed by atoms with E-state index in [1.165, 1.54) is 18.1 Å². The number of benzene rings is 2. The number of ketones is 1. The standard InChI is InChI=1S/C26H22N2O6S/c1-4-13-34-25(32)23-15(2)27-26(35-23)28-20(17-11-8-12-18(14-17)33-3)19(22(30)24(28)31)21(29)16-9-6-5-7-10-16/h4-12,14,20,29H,1,13H2,2-3H3/b21-19-. The Kier molecular flexibility index (Phi) is 6.79. The average molecular weight is 491 g/mol. The van der Waals surface area contributed by atoms with Crippen LogP contribution < -0.4 is 9.64 Å². The van der Waals surface area contributed by atoms with Gasteiger partial charge in [0, 0.05) is 5.56 Å². The van der Waals surface area contributed by atoms with Gasteiger partial charge in [0.05, 0.1) is 24.4 Å². The summed E-state index contributed by atoms with van der Waals surface area (Å²) in [7, 11) is 1.51. The molecule has 2 heterocycles. The third-order valence-corrected chi connectivity index (χ3v) is 6.55. The van der Waals surface area contributed by atoms with Crippen LogP contribution in [0.1, 0.15) is 32.5 Å². The molecule has 0 radical (unpaired) electrons. The molecule has 1 amide bonds. The number of ether oxygens (including phenoxy) is 2. The van der Waals surface area contributed by atoms with E-state index in [0.717, 1.165) is 11.3 Å². The fourth-order valence-electron chi connectivity index (χ4n) is 3.78. The molecule has 0 saturated carbocycles. The van der Waals surface area contributed by atoms with Gasteiger partial charge in [-0.05, 0) is 24.6 Å². The summed E-state index contributed by atoms with van der Waals surface area (Å²) in [5, 5.41) is 11.3. The van der Waals surface area contributed by atoms with Crippen molar-refractivity contribution in [3.63, 3.8) is 0 Å². The van der Waals surface area contributed by atoms with Gasteiger partial charge < -0.3 is 14.6 Å². The number of hydrogen-bond acceptors (Lipinski definition) is 8. The van der Waals surface area contributed by atoms with Gasteiger partial charge >= 0.3 is 11.9 Å². The van der Waals surface area contributed by atoms with E-state index in [1.54, 1.807) is 61.5 Å². The van der Waals surface area contributed by atoms with Crippen LogP contribution >= 0.6 is 11.3 Å². The summed E-state index contributed by atoms with van der Waals surface area (Å²) in [6.45, 7) is 5.17. The minimum absolute atomic E-state index is 0.0247. The van der Waals surface area contributed by atoms with Crippen molar-refractivity contribution < 1.29 is 29.0 Å². The monoisotopic (exact) mass is 490 g/mol. The number of amides is 1. The van der Waals surface area contributed by atoms with Crippen LogP contribution in [0.3, 0.4) is 0 Å². The van der Waals surface area contributed by atoms with E-state index < -0.39 is 23.7 Å². The summed E-state index contributed by atoms with van der Waals surface area (Å²) in [4.78, 5) is 44.8. The Balaban J connectivity index is 1.89. The highest BCUT2D eigenvalue weighted by Crippen LogP contribution is 2.44. The van der Waals surface area contributed by atoms with Gasteiger partial charge in [-0.1, -0.05) is 66.5 Å². The molecule has 1 N–H and O–H groups in total. The van der Waals surface area contributed by atoms with Crippen LogP contribution in [-0.2, 0) is 14.3 Å². The summed E-state index contributed by atoms with van der Waals surface area (Å²) in [5.41, 5.74) is 1.19. The number of Topliss-reactive ketones (excluding diaryl/α,β-unsaturated/α-hetero) is 1. The Bertz CT molecular complexity index is 1340. The zero-order valence-corrected chi connectivity index (χ0v) is 19.9. The molecule has 1 aliphatic heterocycles. The second-order valence-electron chi connectivity index (χ2n) is 7.61. The van der Waals surface area contributed by atoms with Crippen molar-refractivity contribution in [3.05, 3.63) is 94.5 Å². The molecule has 1 unspecified atom stereocenters. The lowest BCUT2D eigenvalue weighted by Gasteiger charge is -2.23. The maximum Gasteiger partial charge on any atom is 0.350 e. The van der Waals surface area contributed by atoms with E-state index in [-0.39, 0.29) is 27.9 Å². The van der Waals surface area contributed by atoms with E-state index in [9.17, 15) is 19.5 Å². The topological polar surface area (TPSA) is 106 Å². The van der Waals surface area contributed by atoms with Gasteiger partial charge in [0.1, 0.15) is 23.0 Å². The zero-order valence-electron chi connectivity index (χ0n) is 19.1. The van der Waals surface area contributed by atoms with E-state index in [2.05, 4.69) is 11.6 Å². The average Bonchev–Trinajstić information content (AvgIpc) is 3.39. The van der Waals surface area contributed by atoms with Gasteiger partial charge in [0.15, 0.2) is 5.13 Å². The van der Waals surface area contributed by atoms with Crippen LogP contribution in [0, 0.1) is 6.92 Å². The molecule has 1 fully saturated rings. The van der Waals surface area contributed by atoms with Crippen molar-refractivity contribution in [3.8, 4) is 5.75 Å². The van der Waals surface area contributed by atoms with Crippen molar-refractivity contribution in [1.29, 1.82) is 0 Å². The molecule has 1 saturated heterocycles. The normalized spacial score (nSPS) is 16.9. The summed E-state index contributed by atoms with van der Waals surface area (Å²) in [6.07, 6.45) is 1.44. The summed E-state index contributed by atoms with van der Waals surface area (Å²) >= 11 is 0.936. The number of nitrogens with zero attached hydrogens (tertiary/aromatic N) is 2. The lowest BCUT2D eigenvalue weighted by Crippen LogP contribution is -2.29. The summed E-state index contributed by atoms with van der Waals surface area (Å²) < 4.78 is 10.5. The predicted molar refractivity (Wildman–Crippen MR) is 132 cm³/mol. The zero-order chi connectivity index (χ0) is 25.1. The lowest BCUT2D eigenvalue weighted by molar-refractivity contribution is -0.132. The van der Waals surface area contributed by atoms with Crippen molar-refractivity contribution >= 4 is 39.9 Å². The third kappa shape index (κ3) is 4.45. The highest BCUT2D eigenvalue weighted by Gasteiger charge is 2.48. The number of aliphatic hydroxyl groups excluding tert-OH is 1. The highest BCUT2D eigenvalue weighted by molar-refractivity contribution is 7.17. The fraction of sp³-hybridized carbons (Fsp3) is 0.154. The highest BCUT2D eigenvalue weighted by atomic mass is 32.1. The van der Waals surface area contributed by atoms with Crippen LogP contribution in [0.15, 0.2) is 72.8 Å². The molecule has 1 atom stereocenters. The molecule has 9 heteroatoms. The second-order valence-corrected chi connectivity index (χ2v) is 8.59. The number of hydrogen-bond donors (Lipinski definition) is 1. The van der Waals surface area contributed by atoms with Crippen LogP contribution in [-0.4, -0.2) is 41.5 Å². The molecule has 178 valence electrons. The van der Waals surface area contributed by atoms with Gasteiger partial charge in [0.25, 0.3) is 5.78 Å². The van der Waals surface area contributed by atoms with Crippen LogP contribution in [0.2, 0.25) is 0 Å². The second kappa shape index (κ2) is 9.94. The van der Waals surface area contributed by atoms with Gasteiger partial charge in [-0.2, -0.15) is 0 Å². The number of aliphatic hydroxyl groups is 1. The molecule has 0 aliphatic carbocycles. The van der Waals surface area contributed by atoms with E-state index in [1.807, 2.05) is 0 Å². The van der Waals surface area contributed by atoms with Crippen molar-refractivity contribution in [1.82, 2.24) is 4.98 Å². The van der Waals surface area contributed by atoms with E-state index in [0.29, 0.717) is 22.6 Å². The minimum Gasteiger partial charge on any atom is -0.507 e. The Hall–Kier alpha value is -4.24. The molecular weight excluding hydrogens is 468 g/mol. The summed E-state index contributed by atoms with van der Waals surface area (Å²) in [6, 6.07) is 14.4. The molecular formula is C26H22N2O6S. The smallest absolute Gasteiger partial charge is 0.350 e. The maximum absolute atomic E-state index is 13.3. The Morgan fingerprint density at radius 2 is 1.94 bits per heavy atom. The van der Waals surface area contributed by atoms with Crippen molar-refractivity contribution in [2.45, 2.75) is 13.0 Å². The lowest BCUT2D eigenvalue weighted by atomic mass is 9.95. The number of anilines is 1. The molecule has 0 bridgehead atoms. The Morgan fingerprint density at radius 3 is 2.63 bits per heavy atom. The molecule has 35 heavy (non-hydrogen) atoms. The molecule has 2 aromatic carbocycles. The SMILES string of the molecule is C=CCOC(=O)c1sc(N2C(=O)C(=O)/C(=C(\O)c3ccccc3)C2c2cccc(OC)c2)nc1C. The largest absolute Gasteiger partial charge is 0.507 e. The van der Waals surface area contributed by atoms with Gasteiger partial charge in [-0.3, -0.25) is 14.5 Å². The van der Waals surface area contributed by atoms with Crippen molar-refractivity contribution in [2.75, 3.05) is 18.6 Å². The Labute approximate surface area is 205 Å². The molecule has 1 aliphatic rings. The molecule has 0 spiro atoms. The van der Waals surface area contributed by atoms with E-state index >= 15 is 0 Å². The number of aromatic nitrogens is 1. The van der Waals surface area contributed by atoms with Crippen molar-refractivity contribution in [2.24, 2.45) is 0 Å². The van der Waals surface area contributed by atoms with Crippen LogP contribution in [0.5, 0.6) is 5.75 Å². The number of rotatable bonds is 7. The van der Waals surface area contributed by atoms with E-state index in [4.69, 9.17) is 9.47 Å². The number of thiazole rings is 1. The fourth-order valence-corrected chi connectivity index (χ4v) is 4.77. The first kappa shape index (κ1) is 23.9. The predicted octanol–water partition coefficient (Wildman–Crippen LogP) is 4.43. The van der Waals surface area contributed by atoms with Gasteiger partial charge in [0.2, 0.25) is 0 Å². The molecule has 1 aromatic heterocycles. The minimum atomic E-state index is -0.993. The van der Waals surface area contributed by atoms with Crippen LogP contribution in [0.25, 0.3) is 5.76 Å².